The van der Waals surface area contributed by atoms with Gasteiger partial charge in [0.15, 0.2) is 0 Å². The Kier molecular flexibility index (Phi) is 5.43. The second kappa shape index (κ2) is 7.09. The molecule has 1 aromatic carbocycles. The van der Waals surface area contributed by atoms with Crippen molar-refractivity contribution in [2.24, 2.45) is 0 Å². The second-order valence-electron chi connectivity index (χ2n) is 5.19. The van der Waals surface area contributed by atoms with Gasteiger partial charge in [-0.25, -0.2) is 0 Å². The highest BCUT2D eigenvalue weighted by atomic mass is 79.9. The molecule has 1 aromatic rings. The van der Waals surface area contributed by atoms with Crippen molar-refractivity contribution >= 4 is 27.5 Å². The van der Waals surface area contributed by atoms with Crippen molar-refractivity contribution in [1.29, 1.82) is 0 Å². The number of benzene rings is 1. The fourth-order valence-corrected chi connectivity index (χ4v) is 2.78. The molecule has 20 heavy (non-hydrogen) atoms. The molecule has 4 nitrogen and oxygen atoms in total. The number of piperazine rings is 1. The maximum Gasteiger partial charge on any atom is 0.241 e. The lowest BCUT2D eigenvalue weighted by molar-refractivity contribution is -0.129. The van der Waals surface area contributed by atoms with Crippen molar-refractivity contribution in [2.45, 2.75) is 19.9 Å². The molecule has 1 N–H and O–H groups in total. The predicted molar refractivity (Wildman–Crippen MR) is 86.0 cm³/mol. The minimum absolute atomic E-state index is 0.187. The summed E-state index contributed by atoms with van der Waals surface area (Å²) in [6, 6.07) is 6.29. The SMILES string of the molecule is CCCNCc1cc(Br)ccc1N1CCN(C)C(=O)C1. The summed E-state index contributed by atoms with van der Waals surface area (Å²) in [7, 11) is 1.87. The molecule has 0 spiro atoms. The van der Waals surface area contributed by atoms with Crippen LogP contribution in [0.5, 0.6) is 0 Å². The average molecular weight is 340 g/mol. The number of hydrogen-bond acceptors (Lipinski definition) is 3. The minimum Gasteiger partial charge on any atom is -0.360 e. The molecule has 1 saturated heterocycles. The highest BCUT2D eigenvalue weighted by Crippen LogP contribution is 2.25. The van der Waals surface area contributed by atoms with Crippen LogP contribution in [0.1, 0.15) is 18.9 Å². The van der Waals surface area contributed by atoms with Crippen LogP contribution in [0.25, 0.3) is 0 Å². The Hall–Kier alpha value is -1.07. The highest BCUT2D eigenvalue weighted by Gasteiger charge is 2.22. The van der Waals surface area contributed by atoms with Crippen molar-refractivity contribution in [2.75, 3.05) is 38.1 Å². The number of rotatable bonds is 5. The lowest BCUT2D eigenvalue weighted by Crippen LogP contribution is -2.48. The molecule has 0 atom stereocenters. The number of carbonyl (C=O) groups is 1. The monoisotopic (exact) mass is 339 g/mol. The normalized spacial score (nSPS) is 15.8. The highest BCUT2D eigenvalue weighted by molar-refractivity contribution is 9.10. The number of nitrogens with one attached hydrogen (secondary N) is 1. The zero-order valence-electron chi connectivity index (χ0n) is 12.2. The van der Waals surface area contributed by atoms with E-state index in [4.69, 9.17) is 0 Å². The van der Waals surface area contributed by atoms with Crippen LogP contribution in [0.3, 0.4) is 0 Å². The van der Waals surface area contributed by atoms with Gasteiger partial charge in [0.05, 0.1) is 6.54 Å². The molecule has 1 heterocycles. The van der Waals surface area contributed by atoms with Crippen molar-refractivity contribution in [3.05, 3.63) is 28.2 Å². The van der Waals surface area contributed by atoms with E-state index in [1.165, 1.54) is 11.3 Å². The lowest BCUT2D eigenvalue weighted by atomic mass is 10.1. The van der Waals surface area contributed by atoms with Gasteiger partial charge < -0.3 is 15.1 Å². The maximum absolute atomic E-state index is 11.9. The molecule has 1 fully saturated rings. The predicted octanol–water partition coefficient (Wildman–Crippen LogP) is 2.23. The van der Waals surface area contributed by atoms with E-state index in [0.29, 0.717) is 6.54 Å². The lowest BCUT2D eigenvalue weighted by Gasteiger charge is -2.34. The third-order valence-electron chi connectivity index (χ3n) is 3.58. The molecule has 0 radical (unpaired) electrons. The fraction of sp³-hybridized carbons (Fsp3) is 0.533. The van der Waals surface area contributed by atoms with E-state index in [9.17, 15) is 4.79 Å². The number of carbonyl (C=O) groups excluding carboxylic acids is 1. The van der Waals surface area contributed by atoms with Crippen molar-refractivity contribution in [3.63, 3.8) is 0 Å². The second-order valence-corrected chi connectivity index (χ2v) is 6.10. The van der Waals surface area contributed by atoms with Gasteiger partial charge in [-0.15, -0.1) is 0 Å². The van der Waals surface area contributed by atoms with Gasteiger partial charge in [0.1, 0.15) is 0 Å². The van der Waals surface area contributed by atoms with E-state index >= 15 is 0 Å². The van der Waals surface area contributed by atoms with Crippen LogP contribution in [-0.2, 0) is 11.3 Å². The Balaban J connectivity index is 2.15. The summed E-state index contributed by atoms with van der Waals surface area (Å²) in [5.41, 5.74) is 2.41. The molecular weight excluding hydrogens is 318 g/mol. The van der Waals surface area contributed by atoms with Gasteiger partial charge in [0.25, 0.3) is 0 Å². The van der Waals surface area contributed by atoms with E-state index in [1.54, 1.807) is 4.90 Å². The molecular formula is C15H22BrN3O. The third kappa shape index (κ3) is 3.73. The van der Waals surface area contributed by atoms with Crippen LogP contribution in [0.2, 0.25) is 0 Å². The molecule has 1 aliphatic heterocycles. The van der Waals surface area contributed by atoms with Crippen LogP contribution in [0.4, 0.5) is 5.69 Å². The summed E-state index contributed by atoms with van der Waals surface area (Å²) in [5, 5.41) is 3.44. The molecule has 1 amide bonds. The van der Waals surface area contributed by atoms with Gasteiger partial charge in [-0.05, 0) is 36.7 Å². The number of anilines is 1. The molecule has 0 unspecified atom stereocenters. The van der Waals surface area contributed by atoms with Crippen LogP contribution < -0.4 is 10.2 Å². The smallest absolute Gasteiger partial charge is 0.241 e. The van der Waals surface area contributed by atoms with Crippen LogP contribution in [-0.4, -0.2) is 44.0 Å². The van der Waals surface area contributed by atoms with Gasteiger partial charge >= 0.3 is 0 Å². The number of nitrogens with zero attached hydrogens (tertiary/aromatic N) is 2. The van der Waals surface area contributed by atoms with Gasteiger partial charge in [0, 0.05) is 36.8 Å². The minimum atomic E-state index is 0.187. The van der Waals surface area contributed by atoms with Crippen molar-refractivity contribution in [1.82, 2.24) is 10.2 Å². The fourth-order valence-electron chi connectivity index (χ4n) is 2.37. The number of amides is 1. The molecule has 1 aliphatic rings. The number of likely N-dealkylation sites (N-methyl/N-ethyl adjacent to an activating group) is 1. The zero-order chi connectivity index (χ0) is 14.5. The van der Waals surface area contributed by atoms with Gasteiger partial charge in [-0.3, -0.25) is 4.79 Å². The quantitative estimate of drug-likeness (QED) is 0.835. The summed E-state index contributed by atoms with van der Waals surface area (Å²) in [6.45, 7) is 6.16. The van der Waals surface area contributed by atoms with E-state index in [1.807, 2.05) is 13.1 Å². The summed E-state index contributed by atoms with van der Waals surface area (Å²) in [5.74, 6) is 0.187. The van der Waals surface area contributed by atoms with Crippen molar-refractivity contribution in [3.8, 4) is 0 Å². The third-order valence-corrected chi connectivity index (χ3v) is 4.07. The zero-order valence-corrected chi connectivity index (χ0v) is 13.7. The maximum atomic E-state index is 11.9. The largest absolute Gasteiger partial charge is 0.360 e. The summed E-state index contributed by atoms with van der Waals surface area (Å²) >= 11 is 3.53. The molecule has 5 heteroatoms. The Bertz CT molecular complexity index is 478. The topological polar surface area (TPSA) is 35.6 Å². The molecule has 0 saturated carbocycles. The summed E-state index contributed by atoms with van der Waals surface area (Å²) in [4.78, 5) is 15.9. The Morgan fingerprint density at radius 2 is 2.15 bits per heavy atom. The molecule has 0 aromatic heterocycles. The average Bonchev–Trinajstić information content (AvgIpc) is 2.43. The van der Waals surface area contributed by atoms with Crippen LogP contribution >= 0.6 is 15.9 Å². The number of halogens is 1. The Morgan fingerprint density at radius 1 is 1.35 bits per heavy atom. The van der Waals surface area contributed by atoms with Gasteiger partial charge in [-0.2, -0.15) is 0 Å². The first-order chi connectivity index (χ1) is 9.61. The van der Waals surface area contributed by atoms with E-state index < -0.39 is 0 Å². The van der Waals surface area contributed by atoms with E-state index in [-0.39, 0.29) is 5.91 Å². The standard InChI is InChI=1S/C15H22BrN3O/c1-3-6-17-10-12-9-13(16)4-5-14(12)19-8-7-18(2)15(20)11-19/h4-5,9,17H,3,6-8,10-11H2,1-2H3. The number of hydrogen-bond donors (Lipinski definition) is 1. The van der Waals surface area contributed by atoms with Crippen molar-refractivity contribution < 1.29 is 4.79 Å². The molecule has 0 aliphatic carbocycles. The van der Waals surface area contributed by atoms with Crippen LogP contribution in [0, 0.1) is 0 Å². The molecule has 0 bridgehead atoms. The summed E-state index contributed by atoms with van der Waals surface area (Å²) < 4.78 is 1.08. The van der Waals surface area contributed by atoms with E-state index in [0.717, 1.165) is 37.1 Å². The first-order valence-electron chi connectivity index (χ1n) is 7.10. The Morgan fingerprint density at radius 3 is 2.85 bits per heavy atom. The van der Waals surface area contributed by atoms with Gasteiger partial charge in [-0.1, -0.05) is 22.9 Å². The molecule has 110 valence electrons. The summed E-state index contributed by atoms with van der Waals surface area (Å²) in [6.07, 6.45) is 1.12. The first-order valence-corrected chi connectivity index (χ1v) is 7.89. The Labute approximate surface area is 129 Å². The van der Waals surface area contributed by atoms with E-state index in [2.05, 4.69) is 45.2 Å². The first kappa shape index (κ1) is 15.3. The molecule has 2 rings (SSSR count). The van der Waals surface area contributed by atoms with Gasteiger partial charge in [0.2, 0.25) is 5.91 Å². The van der Waals surface area contributed by atoms with Crippen LogP contribution in [0.15, 0.2) is 22.7 Å².